The minimum atomic E-state index is -0.532. The van der Waals surface area contributed by atoms with Gasteiger partial charge < -0.3 is 9.30 Å². The fourth-order valence-corrected chi connectivity index (χ4v) is 2.15. The van der Waals surface area contributed by atoms with Crippen molar-refractivity contribution >= 4 is 0 Å². The number of aryl methyl sites for hydroxylation is 1. The summed E-state index contributed by atoms with van der Waals surface area (Å²) in [4.78, 5) is 24.4. The summed E-state index contributed by atoms with van der Waals surface area (Å²) in [6.45, 7) is 7.24. The van der Waals surface area contributed by atoms with Crippen LogP contribution in [0.3, 0.4) is 0 Å². The van der Waals surface area contributed by atoms with E-state index in [9.17, 15) is 9.59 Å². The highest BCUT2D eigenvalue weighted by atomic mass is 16.5. The Morgan fingerprint density at radius 2 is 1.73 bits per heavy atom. The van der Waals surface area contributed by atoms with E-state index in [2.05, 4.69) is 13.8 Å². The van der Waals surface area contributed by atoms with Crippen molar-refractivity contribution in [1.29, 1.82) is 0 Å². The van der Waals surface area contributed by atoms with Crippen LogP contribution in [0.15, 0.2) is 46.2 Å². The smallest absolute Gasteiger partial charge is 0.320 e. The maximum absolute atomic E-state index is 12.2. The second-order valence-electron chi connectivity index (χ2n) is 5.58. The summed E-state index contributed by atoms with van der Waals surface area (Å²) in [7, 11) is 0. The SMILES string of the molecule is CCOc1ccc(-n2ccn(CCC(C)C)c(=O)c2=O)cc1. The molecule has 5 heteroatoms. The van der Waals surface area contributed by atoms with Gasteiger partial charge in [-0.15, -0.1) is 0 Å². The van der Waals surface area contributed by atoms with Gasteiger partial charge in [0.1, 0.15) is 5.75 Å². The topological polar surface area (TPSA) is 53.2 Å². The lowest BCUT2D eigenvalue weighted by molar-refractivity contribution is 0.340. The zero-order chi connectivity index (χ0) is 16.1. The molecule has 5 nitrogen and oxygen atoms in total. The van der Waals surface area contributed by atoms with Gasteiger partial charge in [0.25, 0.3) is 0 Å². The molecule has 0 radical (unpaired) electrons. The highest BCUT2D eigenvalue weighted by Gasteiger charge is 2.07. The summed E-state index contributed by atoms with van der Waals surface area (Å²) in [5.74, 6) is 1.23. The molecule has 0 atom stereocenters. The van der Waals surface area contributed by atoms with Gasteiger partial charge in [0.2, 0.25) is 0 Å². The summed E-state index contributed by atoms with van der Waals surface area (Å²) in [6.07, 6.45) is 4.18. The van der Waals surface area contributed by atoms with E-state index in [-0.39, 0.29) is 0 Å². The van der Waals surface area contributed by atoms with Crippen molar-refractivity contribution in [2.24, 2.45) is 5.92 Å². The first-order valence-electron chi connectivity index (χ1n) is 7.58. The van der Waals surface area contributed by atoms with Gasteiger partial charge >= 0.3 is 11.1 Å². The zero-order valence-electron chi connectivity index (χ0n) is 13.3. The second-order valence-corrected chi connectivity index (χ2v) is 5.58. The molecule has 0 aliphatic carbocycles. The molecule has 0 bridgehead atoms. The zero-order valence-corrected chi connectivity index (χ0v) is 13.3. The first kappa shape index (κ1) is 16.1. The Balaban J connectivity index is 2.31. The Labute approximate surface area is 129 Å². The molecule has 0 aliphatic heterocycles. The highest BCUT2D eigenvalue weighted by Crippen LogP contribution is 2.13. The number of rotatable bonds is 6. The standard InChI is InChI=1S/C17H22N2O3/c1-4-22-15-7-5-14(6-8-15)19-12-11-18(10-9-13(2)3)16(20)17(19)21/h5-8,11-13H,4,9-10H2,1-3H3. The van der Waals surface area contributed by atoms with Crippen LogP contribution in [-0.2, 0) is 6.54 Å². The molecule has 0 saturated carbocycles. The van der Waals surface area contributed by atoms with Gasteiger partial charge in [0, 0.05) is 24.6 Å². The van der Waals surface area contributed by atoms with Gasteiger partial charge in [-0.05, 0) is 43.5 Å². The number of ether oxygens (including phenoxy) is 1. The number of hydrogen-bond donors (Lipinski definition) is 0. The molecule has 1 heterocycles. The van der Waals surface area contributed by atoms with Gasteiger partial charge in [-0.1, -0.05) is 13.8 Å². The first-order valence-corrected chi connectivity index (χ1v) is 7.58. The van der Waals surface area contributed by atoms with E-state index in [1.807, 2.05) is 6.92 Å². The molecule has 0 saturated heterocycles. The van der Waals surface area contributed by atoms with E-state index in [4.69, 9.17) is 4.74 Å². The Bertz CT molecular complexity index is 727. The summed E-state index contributed by atoms with van der Waals surface area (Å²) in [5, 5.41) is 0. The summed E-state index contributed by atoms with van der Waals surface area (Å²) >= 11 is 0. The minimum Gasteiger partial charge on any atom is -0.494 e. The third kappa shape index (κ3) is 3.67. The fourth-order valence-electron chi connectivity index (χ4n) is 2.15. The van der Waals surface area contributed by atoms with Crippen LogP contribution in [0.1, 0.15) is 27.2 Å². The lowest BCUT2D eigenvalue weighted by atomic mass is 10.1. The second kappa shape index (κ2) is 7.11. The molecule has 0 amide bonds. The monoisotopic (exact) mass is 302 g/mol. The molecule has 0 aliphatic rings. The van der Waals surface area contributed by atoms with Gasteiger partial charge in [-0.25, -0.2) is 0 Å². The van der Waals surface area contributed by atoms with Gasteiger partial charge in [0.05, 0.1) is 6.61 Å². The highest BCUT2D eigenvalue weighted by molar-refractivity contribution is 5.37. The largest absolute Gasteiger partial charge is 0.494 e. The lowest BCUT2D eigenvalue weighted by Crippen LogP contribution is -2.40. The molecule has 2 aromatic rings. The third-order valence-corrected chi connectivity index (χ3v) is 3.43. The predicted octanol–water partition coefficient (Wildman–Crippen LogP) is 2.44. The van der Waals surface area contributed by atoms with Crippen LogP contribution < -0.4 is 15.9 Å². The molecule has 22 heavy (non-hydrogen) atoms. The quantitative estimate of drug-likeness (QED) is 0.770. The Hall–Kier alpha value is -2.30. The summed E-state index contributed by atoms with van der Waals surface area (Å²) < 4.78 is 8.22. The molecule has 0 unspecified atom stereocenters. The molecule has 2 rings (SSSR count). The van der Waals surface area contributed by atoms with Crippen molar-refractivity contribution in [1.82, 2.24) is 9.13 Å². The fraction of sp³-hybridized carbons (Fsp3) is 0.412. The van der Waals surface area contributed by atoms with Crippen molar-refractivity contribution in [3.05, 3.63) is 57.4 Å². The van der Waals surface area contributed by atoms with Crippen molar-refractivity contribution in [3.8, 4) is 11.4 Å². The average molecular weight is 302 g/mol. The van der Waals surface area contributed by atoms with Crippen LogP contribution in [0.2, 0.25) is 0 Å². The van der Waals surface area contributed by atoms with Crippen molar-refractivity contribution in [2.75, 3.05) is 6.61 Å². The molecule has 0 N–H and O–H groups in total. The molecule has 1 aromatic heterocycles. The van der Waals surface area contributed by atoms with Crippen LogP contribution in [-0.4, -0.2) is 15.7 Å². The third-order valence-electron chi connectivity index (χ3n) is 3.43. The Morgan fingerprint density at radius 3 is 2.32 bits per heavy atom. The minimum absolute atomic E-state index is 0.487. The predicted molar refractivity (Wildman–Crippen MR) is 86.9 cm³/mol. The molecule has 1 aromatic carbocycles. The van der Waals surface area contributed by atoms with Gasteiger partial charge in [0.15, 0.2) is 0 Å². The maximum atomic E-state index is 12.2. The van der Waals surface area contributed by atoms with Crippen LogP contribution in [0.4, 0.5) is 0 Å². The van der Waals surface area contributed by atoms with Crippen LogP contribution >= 0.6 is 0 Å². The van der Waals surface area contributed by atoms with E-state index >= 15 is 0 Å². The molecular weight excluding hydrogens is 280 g/mol. The summed E-state index contributed by atoms with van der Waals surface area (Å²) in [5.41, 5.74) is -0.367. The molecule has 118 valence electrons. The number of benzene rings is 1. The molecular formula is C17H22N2O3. The van der Waals surface area contributed by atoms with E-state index in [0.29, 0.717) is 24.8 Å². The molecule has 0 spiro atoms. The normalized spacial score (nSPS) is 10.9. The first-order chi connectivity index (χ1) is 10.5. The van der Waals surface area contributed by atoms with Crippen LogP contribution in [0.5, 0.6) is 5.75 Å². The number of aromatic nitrogens is 2. The lowest BCUT2D eigenvalue weighted by Gasteiger charge is -2.10. The van der Waals surface area contributed by atoms with Gasteiger partial charge in [-0.2, -0.15) is 0 Å². The van der Waals surface area contributed by atoms with Crippen molar-refractivity contribution in [2.45, 2.75) is 33.7 Å². The summed E-state index contributed by atoms with van der Waals surface area (Å²) in [6, 6.07) is 7.11. The Kier molecular flexibility index (Phi) is 5.20. The number of hydrogen-bond acceptors (Lipinski definition) is 3. The van der Waals surface area contributed by atoms with Crippen molar-refractivity contribution < 1.29 is 4.74 Å². The van der Waals surface area contributed by atoms with E-state index in [1.165, 1.54) is 9.13 Å². The van der Waals surface area contributed by atoms with Crippen LogP contribution in [0.25, 0.3) is 5.69 Å². The number of nitrogens with zero attached hydrogens (tertiary/aromatic N) is 2. The maximum Gasteiger partial charge on any atom is 0.320 e. The van der Waals surface area contributed by atoms with E-state index < -0.39 is 11.1 Å². The van der Waals surface area contributed by atoms with Gasteiger partial charge in [-0.3, -0.25) is 14.2 Å². The molecule has 0 fully saturated rings. The van der Waals surface area contributed by atoms with Crippen molar-refractivity contribution in [3.63, 3.8) is 0 Å². The van der Waals surface area contributed by atoms with E-state index in [1.54, 1.807) is 36.7 Å². The Morgan fingerprint density at radius 1 is 1.05 bits per heavy atom. The van der Waals surface area contributed by atoms with E-state index in [0.717, 1.165) is 12.2 Å². The van der Waals surface area contributed by atoms with Crippen LogP contribution in [0, 0.1) is 5.92 Å². The average Bonchev–Trinajstić information content (AvgIpc) is 2.50.